The molecule has 0 aliphatic carbocycles. The summed E-state index contributed by atoms with van der Waals surface area (Å²) in [5.74, 6) is 0.0690. The maximum Gasteiger partial charge on any atom is 0.278 e. The summed E-state index contributed by atoms with van der Waals surface area (Å²) in [5, 5.41) is 11.0. The van der Waals surface area contributed by atoms with E-state index in [1.807, 2.05) is 49.4 Å². The molecule has 0 saturated carbocycles. The lowest BCUT2D eigenvalue weighted by Crippen LogP contribution is -2.65. The smallest absolute Gasteiger partial charge is 0.278 e. The molecule has 2 N–H and O–H groups in total. The molecule has 1 unspecified atom stereocenters. The summed E-state index contributed by atoms with van der Waals surface area (Å²) < 4.78 is 19.4. The minimum Gasteiger partial charge on any atom is -0.485 e. The number of benzene rings is 1. The van der Waals surface area contributed by atoms with Crippen LogP contribution in [-0.4, -0.2) is 90.2 Å². The van der Waals surface area contributed by atoms with Crippen molar-refractivity contribution in [1.82, 2.24) is 25.3 Å². The standard InChI is InChI=1S/C26H33N5O5/c1-25-9-12-30(13-10-25)23(32)22-21(17-31(29-22)20-7-3-2-4-8-20)35-15-6-5-14-34-19-26(24(33)28-25)18-27-11-16-36-26/h2-8,17,27H,9-16,18-19H2,1H3,(H,28,33)/b6-5-. The molecule has 6 rings (SSSR count). The highest BCUT2D eigenvalue weighted by molar-refractivity contribution is 5.95. The Kier molecular flexibility index (Phi) is 7.08. The second-order valence-electron chi connectivity index (χ2n) is 9.75. The van der Waals surface area contributed by atoms with E-state index < -0.39 is 11.1 Å². The zero-order chi connectivity index (χ0) is 25.0. The van der Waals surface area contributed by atoms with Gasteiger partial charge in [-0.25, -0.2) is 4.68 Å². The van der Waals surface area contributed by atoms with Gasteiger partial charge in [-0.1, -0.05) is 24.3 Å². The normalized spacial score (nSPS) is 28.8. The Bertz CT molecular complexity index is 1100. The van der Waals surface area contributed by atoms with Crippen molar-refractivity contribution in [2.75, 3.05) is 52.6 Å². The summed E-state index contributed by atoms with van der Waals surface area (Å²) >= 11 is 0. The third-order valence-electron chi connectivity index (χ3n) is 7.01. The zero-order valence-electron chi connectivity index (χ0n) is 20.6. The molecular formula is C26H33N5O5. The van der Waals surface area contributed by atoms with Crippen LogP contribution >= 0.6 is 0 Å². The first kappa shape index (κ1) is 24.5. The van der Waals surface area contributed by atoms with E-state index in [1.54, 1.807) is 15.8 Å². The van der Waals surface area contributed by atoms with E-state index in [2.05, 4.69) is 15.7 Å². The number of carbonyl (C=O) groups excluding carboxylic acids is 2. The van der Waals surface area contributed by atoms with Crippen molar-refractivity contribution in [1.29, 1.82) is 0 Å². The number of carbonyl (C=O) groups is 2. The summed E-state index contributed by atoms with van der Waals surface area (Å²) in [6, 6.07) is 9.62. The molecule has 10 heteroatoms. The molecule has 2 fully saturated rings. The van der Waals surface area contributed by atoms with Crippen molar-refractivity contribution in [3.63, 3.8) is 0 Å². The van der Waals surface area contributed by atoms with Gasteiger partial charge in [-0.05, 0) is 38.0 Å². The molecule has 4 aliphatic heterocycles. The molecule has 2 aromatic rings. The molecule has 192 valence electrons. The van der Waals surface area contributed by atoms with Crippen LogP contribution < -0.4 is 15.4 Å². The van der Waals surface area contributed by atoms with Crippen LogP contribution in [0.4, 0.5) is 0 Å². The average molecular weight is 496 g/mol. The summed E-state index contributed by atoms with van der Waals surface area (Å²) in [7, 11) is 0. The van der Waals surface area contributed by atoms with E-state index in [-0.39, 0.29) is 30.7 Å². The fraction of sp³-hybridized carbons (Fsp3) is 0.500. The van der Waals surface area contributed by atoms with Crippen LogP contribution in [0.3, 0.4) is 0 Å². The van der Waals surface area contributed by atoms with Gasteiger partial charge in [-0.3, -0.25) is 9.59 Å². The van der Waals surface area contributed by atoms with Crippen LogP contribution in [-0.2, 0) is 14.3 Å². The number of fused-ring (bicyclic) bond motifs is 8. The third kappa shape index (κ3) is 5.16. The second-order valence-corrected chi connectivity index (χ2v) is 9.75. The molecular weight excluding hydrogens is 462 g/mol. The van der Waals surface area contributed by atoms with Crippen LogP contribution in [0.5, 0.6) is 5.75 Å². The molecule has 10 nitrogen and oxygen atoms in total. The zero-order valence-corrected chi connectivity index (χ0v) is 20.6. The fourth-order valence-electron chi connectivity index (χ4n) is 4.72. The minimum absolute atomic E-state index is 0.145. The monoisotopic (exact) mass is 495 g/mol. The highest BCUT2D eigenvalue weighted by Crippen LogP contribution is 2.28. The van der Waals surface area contributed by atoms with Crippen LogP contribution in [0, 0.1) is 0 Å². The van der Waals surface area contributed by atoms with Gasteiger partial charge < -0.3 is 29.7 Å². The molecule has 5 heterocycles. The number of hydrogen-bond donors (Lipinski definition) is 2. The van der Waals surface area contributed by atoms with Gasteiger partial charge in [0, 0.05) is 31.7 Å². The molecule has 1 atom stereocenters. The van der Waals surface area contributed by atoms with Gasteiger partial charge in [0.15, 0.2) is 17.0 Å². The van der Waals surface area contributed by atoms with Crippen molar-refractivity contribution in [3.8, 4) is 11.4 Å². The van der Waals surface area contributed by atoms with E-state index in [1.165, 1.54) is 0 Å². The number of para-hydroxylation sites is 1. The summed E-state index contributed by atoms with van der Waals surface area (Å²) in [6.07, 6.45) is 6.63. The number of aromatic nitrogens is 2. The maximum absolute atomic E-state index is 13.5. The van der Waals surface area contributed by atoms with Gasteiger partial charge in [0.2, 0.25) is 0 Å². The highest BCUT2D eigenvalue weighted by Gasteiger charge is 2.45. The summed E-state index contributed by atoms with van der Waals surface area (Å²) in [4.78, 5) is 28.7. The first-order valence-electron chi connectivity index (χ1n) is 12.5. The van der Waals surface area contributed by atoms with Crippen molar-refractivity contribution in [3.05, 3.63) is 54.4 Å². The first-order chi connectivity index (χ1) is 17.5. The van der Waals surface area contributed by atoms with Crippen LogP contribution in [0.15, 0.2) is 48.7 Å². The first-order valence-corrected chi connectivity index (χ1v) is 12.5. The largest absolute Gasteiger partial charge is 0.485 e. The SMILES string of the molecule is CC12CCN(CC1)C(=O)c1nn(-c3ccccc3)cc1OC/C=C\COCC1(CNCCO1)C(=O)N2. The Morgan fingerprint density at radius 1 is 1.06 bits per heavy atom. The molecule has 2 bridgehead atoms. The third-order valence-corrected chi connectivity index (χ3v) is 7.01. The van der Waals surface area contributed by atoms with Gasteiger partial charge in [0.1, 0.15) is 6.61 Å². The Morgan fingerprint density at radius 3 is 2.58 bits per heavy atom. The van der Waals surface area contributed by atoms with E-state index in [4.69, 9.17) is 14.2 Å². The van der Waals surface area contributed by atoms with Crippen molar-refractivity contribution >= 4 is 11.8 Å². The van der Waals surface area contributed by atoms with Crippen LogP contribution in [0.25, 0.3) is 5.69 Å². The number of piperidine rings is 1. The Balaban J connectivity index is 1.40. The summed E-state index contributed by atoms with van der Waals surface area (Å²) in [5.41, 5.74) is -0.418. The molecule has 2 saturated heterocycles. The molecule has 0 radical (unpaired) electrons. The molecule has 2 amide bonds. The van der Waals surface area contributed by atoms with E-state index in [0.29, 0.717) is 58.0 Å². The highest BCUT2D eigenvalue weighted by atomic mass is 16.5. The quantitative estimate of drug-likeness (QED) is 0.575. The lowest BCUT2D eigenvalue weighted by molar-refractivity contribution is -0.162. The Morgan fingerprint density at radius 2 is 1.83 bits per heavy atom. The predicted octanol–water partition coefficient (Wildman–Crippen LogP) is 1.31. The Hall–Kier alpha value is -3.21. The van der Waals surface area contributed by atoms with Crippen molar-refractivity contribution in [2.45, 2.75) is 30.9 Å². The number of nitrogens with zero attached hydrogens (tertiary/aromatic N) is 3. The van der Waals surface area contributed by atoms with E-state index in [0.717, 1.165) is 5.69 Å². The maximum atomic E-state index is 13.5. The van der Waals surface area contributed by atoms with E-state index in [9.17, 15) is 9.59 Å². The van der Waals surface area contributed by atoms with E-state index >= 15 is 0 Å². The van der Waals surface area contributed by atoms with Crippen LogP contribution in [0.1, 0.15) is 30.3 Å². The number of hydrogen-bond acceptors (Lipinski definition) is 7. The van der Waals surface area contributed by atoms with Gasteiger partial charge >= 0.3 is 0 Å². The predicted molar refractivity (Wildman–Crippen MR) is 132 cm³/mol. The minimum atomic E-state index is -1.08. The molecule has 4 aliphatic rings. The number of morpholine rings is 1. The van der Waals surface area contributed by atoms with Crippen LogP contribution in [0.2, 0.25) is 0 Å². The molecule has 36 heavy (non-hydrogen) atoms. The van der Waals surface area contributed by atoms with Crippen molar-refractivity contribution < 1.29 is 23.8 Å². The topological polar surface area (TPSA) is 107 Å². The van der Waals surface area contributed by atoms with Gasteiger partial charge in [0.25, 0.3) is 11.8 Å². The fourth-order valence-corrected chi connectivity index (χ4v) is 4.72. The molecule has 1 aromatic heterocycles. The van der Waals surface area contributed by atoms with Gasteiger partial charge in [-0.2, -0.15) is 5.10 Å². The number of amides is 2. The molecule has 1 aromatic carbocycles. The lowest BCUT2D eigenvalue weighted by Gasteiger charge is -2.43. The number of nitrogens with one attached hydrogen (secondary N) is 2. The second kappa shape index (κ2) is 10.4. The number of ether oxygens (including phenoxy) is 3. The average Bonchev–Trinajstić information content (AvgIpc) is 3.33. The van der Waals surface area contributed by atoms with Crippen molar-refractivity contribution in [2.24, 2.45) is 0 Å². The molecule has 1 spiro atoms. The summed E-state index contributed by atoms with van der Waals surface area (Å²) in [6.45, 7) is 5.25. The van der Waals surface area contributed by atoms with Gasteiger partial charge in [-0.15, -0.1) is 0 Å². The lowest BCUT2D eigenvalue weighted by atomic mass is 9.88. The Labute approximate surface area is 210 Å². The number of rotatable bonds is 1. The van der Waals surface area contributed by atoms with Gasteiger partial charge in [0.05, 0.1) is 31.7 Å².